The lowest BCUT2D eigenvalue weighted by Gasteiger charge is -2.34. The summed E-state index contributed by atoms with van der Waals surface area (Å²) in [4.78, 5) is 0. The van der Waals surface area contributed by atoms with Gasteiger partial charge in [0, 0.05) is 0 Å². The number of alkyl halides is 1. The van der Waals surface area contributed by atoms with Crippen LogP contribution in [0.3, 0.4) is 0 Å². The van der Waals surface area contributed by atoms with E-state index in [-0.39, 0.29) is 13.2 Å². The van der Waals surface area contributed by atoms with Crippen molar-refractivity contribution in [3.05, 3.63) is 35.9 Å². The highest BCUT2D eigenvalue weighted by Crippen LogP contribution is 2.20. The minimum absolute atomic E-state index is 0.169. The van der Waals surface area contributed by atoms with Crippen LogP contribution in [0, 0.1) is 0 Å². The maximum atomic E-state index is 13.1. The van der Waals surface area contributed by atoms with Crippen LogP contribution in [0.2, 0.25) is 0 Å². The highest BCUT2D eigenvalue weighted by Gasteiger charge is 2.39. The number of hydrogen-bond acceptors (Lipinski definition) is 4. The van der Waals surface area contributed by atoms with Gasteiger partial charge in [-0.3, -0.25) is 0 Å². The molecule has 0 aromatic heterocycles. The number of benzene rings is 1. The van der Waals surface area contributed by atoms with E-state index in [0.717, 1.165) is 5.56 Å². The third-order valence-corrected chi connectivity index (χ3v) is 2.70. The highest BCUT2D eigenvalue weighted by atomic mass is 19.1. The van der Waals surface area contributed by atoms with Gasteiger partial charge in [0.15, 0.2) is 0 Å². The van der Waals surface area contributed by atoms with Crippen LogP contribution >= 0.6 is 0 Å². The van der Waals surface area contributed by atoms with Crippen molar-refractivity contribution in [1.82, 2.24) is 0 Å². The van der Waals surface area contributed by atoms with Gasteiger partial charge in [0.2, 0.25) is 6.36 Å². The lowest BCUT2D eigenvalue weighted by atomic mass is 10.1. The first-order valence-corrected chi connectivity index (χ1v) is 5.46. The van der Waals surface area contributed by atoms with E-state index in [1.807, 2.05) is 30.3 Å². The van der Waals surface area contributed by atoms with E-state index in [1.165, 1.54) is 0 Å². The summed E-state index contributed by atoms with van der Waals surface area (Å²) >= 11 is 0. The van der Waals surface area contributed by atoms with Gasteiger partial charge < -0.3 is 19.7 Å². The number of hydrogen-bond donors (Lipinski definition) is 2. The molecule has 4 atom stereocenters. The molecule has 1 aromatic rings. The summed E-state index contributed by atoms with van der Waals surface area (Å²) in [6, 6.07) is 9.29. The van der Waals surface area contributed by atoms with E-state index >= 15 is 0 Å². The van der Waals surface area contributed by atoms with Crippen LogP contribution in [0.15, 0.2) is 30.3 Å². The van der Waals surface area contributed by atoms with Gasteiger partial charge in [-0.15, -0.1) is 0 Å². The average molecular weight is 242 g/mol. The normalized spacial score (nSPS) is 33.6. The Balaban J connectivity index is 1.93. The molecule has 1 saturated heterocycles. The van der Waals surface area contributed by atoms with Gasteiger partial charge in [-0.05, 0) is 5.56 Å². The highest BCUT2D eigenvalue weighted by molar-refractivity contribution is 5.13. The fourth-order valence-corrected chi connectivity index (χ4v) is 1.74. The third-order valence-electron chi connectivity index (χ3n) is 2.70. The lowest BCUT2D eigenvalue weighted by Crippen LogP contribution is -2.52. The van der Waals surface area contributed by atoms with Crippen molar-refractivity contribution in [2.24, 2.45) is 0 Å². The monoisotopic (exact) mass is 242 g/mol. The molecule has 1 aliphatic rings. The molecule has 1 fully saturated rings. The molecule has 1 aromatic carbocycles. The van der Waals surface area contributed by atoms with Gasteiger partial charge in [0.1, 0.15) is 18.3 Å². The zero-order valence-corrected chi connectivity index (χ0v) is 9.20. The predicted molar refractivity (Wildman–Crippen MR) is 57.9 cm³/mol. The number of aliphatic hydroxyl groups excluding tert-OH is 2. The molecule has 17 heavy (non-hydrogen) atoms. The fraction of sp³-hybridized carbons (Fsp3) is 0.500. The summed E-state index contributed by atoms with van der Waals surface area (Å²) in [5.41, 5.74) is 0.897. The van der Waals surface area contributed by atoms with E-state index in [2.05, 4.69) is 4.74 Å². The summed E-state index contributed by atoms with van der Waals surface area (Å²) in [5, 5.41) is 19.1. The fourth-order valence-electron chi connectivity index (χ4n) is 1.74. The van der Waals surface area contributed by atoms with Crippen molar-refractivity contribution in [2.45, 2.75) is 31.3 Å². The van der Waals surface area contributed by atoms with Gasteiger partial charge >= 0.3 is 0 Å². The zero-order chi connectivity index (χ0) is 12.3. The summed E-state index contributed by atoms with van der Waals surface area (Å²) in [7, 11) is 0. The molecule has 1 heterocycles. The van der Waals surface area contributed by atoms with Crippen molar-refractivity contribution >= 4 is 0 Å². The lowest BCUT2D eigenvalue weighted by molar-refractivity contribution is -0.240. The Morgan fingerprint density at radius 1 is 1.29 bits per heavy atom. The molecule has 5 heteroatoms. The summed E-state index contributed by atoms with van der Waals surface area (Å²) < 4.78 is 22.9. The minimum atomic E-state index is -1.81. The van der Waals surface area contributed by atoms with Gasteiger partial charge in [-0.1, -0.05) is 30.3 Å². The predicted octanol–water partition coefficient (Wildman–Crippen LogP) is 0.619. The molecular formula is C12H15FO4. The van der Waals surface area contributed by atoms with Crippen molar-refractivity contribution in [3.63, 3.8) is 0 Å². The van der Waals surface area contributed by atoms with Crippen LogP contribution in [0.5, 0.6) is 0 Å². The second-order valence-electron chi connectivity index (χ2n) is 4.00. The topological polar surface area (TPSA) is 58.9 Å². The van der Waals surface area contributed by atoms with Crippen molar-refractivity contribution in [3.8, 4) is 0 Å². The van der Waals surface area contributed by atoms with E-state index in [4.69, 9.17) is 4.74 Å². The van der Waals surface area contributed by atoms with Crippen LogP contribution in [0.1, 0.15) is 5.56 Å². The molecule has 0 radical (unpaired) electrons. The van der Waals surface area contributed by atoms with Gasteiger partial charge in [-0.25, -0.2) is 4.39 Å². The van der Waals surface area contributed by atoms with Crippen molar-refractivity contribution in [2.75, 3.05) is 6.61 Å². The molecule has 94 valence electrons. The van der Waals surface area contributed by atoms with Crippen LogP contribution in [0.4, 0.5) is 4.39 Å². The second kappa shape index (κ2) is 5.55. The first-order chi connectivity index (χ1) is 8.18. The number of ether oxygens (including phenoxy) is 2. The number of aliphatic hydroxyl groups is 2. The first-order valence-electron chi connectivity index (χ1n) is 5.46. The Morgan fingerprint density at radius 3 is 2.71 bits per heavy atom. The molecule has 0 bridgehead atoms. The third kappa shape index (κ3) is 3.01. The summed E-state index contributed by atoms with van der Waals surface area (Å²) in [6.07, 6.45) is -5.23. The molecule has 4 nitrogen and oxygen atoms in total. The Morgan fingerprint density at radius 2 is 2.00 bits per heavy atom. The van der Waals surface area contributed by atoms with E-state index in [1.54, 1.807) is 0 Å². The second-order valence-corrected chi connectivity index (χ2v) is 4.00. The van der Waals surface area contributed by atoms with Gasteiger partial charge in [0.05, 0.1) is 13.2 Å². The summed E-state index contributed by atoms with van der Waals surface area (Å²) in [6.45, 7) is 0.0457. The largest absolute Gasteiger partial charge is 0.388 e. The van der Waals surface area contributed by atoms with E-state index in [9.17, 15) is 14.6 Å². The Labute approximate surface area is 98.6 Å². The Kier molecular flexibility index (Phi) is 4.06. The maximum absolute atomic E-state index is 13.1. The van der Waals surface area contributed by atoms with Crippen LogP contribution < -0.4 is 0 Å². The number of rotatable bonds is 3. The van der Waals surface area contributed by atoms with E-state index < -0.39 is 24.7 Å². The smallest absolute Gasteiger partial charge is 0.227 e. The molecular weight excluding hydrogens is 227 g/mol. The van der Waals surface area contributed by atoms with Crippen molar-refractivity contribution in [1.29, 1.82) is 0 Å². The standard InChI is InChI=1S/C12H15FO4/c13-12-10(15)11(9(14)7-17-12)16-6-8-4-2-1-3-5-8/h1-5,9-12,14-15H,6-7H2/t9-,10-,11+,12+/m1/s1. The SMILES string of the molecule is O[C@@H]1[C@@H](OCc2ccccc2)[C@H](O)CO[C@@H]1F. The Bertz CT molecular complexity index is 346. The average Bonchev–Trinajstić information content (AvgIpc) is 2.35. The van der Waals surface area contributed by atoms with Crippen LogP contribution in [-0.2, 0) is 16.1 Å². The van der Waals surface area contributed by atoms with Crippen LogP contribution in [0.25, 0.3) is 0 Å². The molecule has 0 amide bonds. The zero-order valence-electron chi connectivity index (χ0n) is 9.20. The minimum Gasteiger partial charge on any atom is -0.388 e. The Hall–Kier alpha value is -1.01. The van der Waals surface area contributed by atoms with Gasteiger partial charge in [-0.2, -0.15) is 0 Å². The molecule has 1 aliphatic heterocycles. The molecule has 0 spiro atoms. The molecule has 2 rings (SSSR count). The first kappa shape index (κ1) is 12.4. The molecule has 0 unspecified atom stereocenters. The van der Waals surface area contributed by atoms with Crippen LogP contribution in [-0.4, -0.2) is 41.5 Å². The van der Waals surface area contributed by atoms with Gasteiger partial charge in [0.25, 0.3) is 0 Å². The molecule has 0 aliphatic carbocycles. The molecule has 2 N–H and O–H groups in total. The summed E-state index contributed by atoms with van der Waals surface area (Å²) in [5.74, 6) is 0. The van der Waals surface area contributed by atoms with Crippen molar-refractivity contribution < 1.29 is 24.1 Å². The number of halogens is 1. The maximum Gasteiger partial charge on any atom is 0.227 e. The van der Waals surface area contributed by atoms with E-state index in [0.29, 0.717) is 0 Å². The quantitative estimate of drug-likeness (QED) is 0.815. The molecule has 0 saturated carbocycles.